The molecule has 1 saturated heterocycles. The number of amides is 2. The van der Waals surface area contributed by atoms with E-state index in [1.165, 1.54) is 28.6 Å². The number of rotatable bonds is 10. The Kier molecular flexibility index (Phi) is 8.44. The maximum Gasteiger partial charge on any atom is 0.347 e. The molecule has 218 valence electrons. The minimum atomic E-state index is -1.56. The lowest BCUT2D eigenvalue weighted by molar-refractivity contribution is -0.698. The molecular weight excluding hydrogens is 600 g/mol. The molecule has 17 nitrogen and oxygen atoms in total. The monoisotopic (exact) mass is 624 g/mol. The number of anilines is 4. The minimum Gasteiger partial charge on any atom is -0.543 e. The first-order chi connectivity index (χ1) is 19.3. The van der Waals surface area contributed by atoms with Gasteiger partial charge in [0.2, 0.25) is 17.7 Å². The molecule has 0 saturated carbocycles. The van der Waals surface area contributed by atoms with Crippen LogP contribution in [0.2, 0.25) is 0 Å². The molecule has 41 heavy (non-hydrogen) atoms. The molecular formula is C21H24N10O7S3. The topological polar surface area (TPSA) is 282 Å². The van der Waals surface area contributed by atoms with E-state index in [9.17, 15) is 24.3 Å². The number of nitrogens with one attached hydrogen (secondary N) is 1. The van der Waals surface area contributed by atoms with Crippen molar-refractivity contribution in [2.24, 2.45) is 12.2 Å². The van der Waals surface area contributed by atoms with E-state index in [-0.39, 0.29) is 45.4 Å². The van der Waals surface area contributed by atoms with Crippen LogP contribution < -0.4 is 37.9 Å². The zero-order chi connectivity index (χ0) is 30.2. The fourth-order valence-corrected chi connectivity index (χ4v) is 6.72. The first kappa shape index (κ1) is 29.7. The van der Waals surface area contributed by atoms with Crippen LogP contribution in [0, 0.1) is 0 Å². The van der Waals surface area contributed by atoms with Crippen LogP contribution in [0.1, 0.15) is 12.6 Å². The Labute approximate surface area is 244 Å². The molecule has 2 aliphatic heterocycles. The number of nitrogens with zero attached hydrogens (tertiary/aromatic N) is 5. The predicted molar refractivity (Wildman–Crippen MR) is 148 cm³/mol. The summed E-state index contributed by atoms with van der Waals surface area (Å²) in [7, 11) is 1.62. The van der Waals surface area contributed by atoms with E-state index in [2.05, 4.69) is 20.4 Å². The van der Waals surface area contributed by atoms with E-state index in [0.717, 1.165) is 28.0 Å². The van der Waals surface area contributed by atoms with Gasteiger partial charge >= 0.3 is 11.1 Å². The van der Waals surface area contributed by atoms with Crippen LogP contribution in [-0.4, -0.2) is 78.5 Å². The highest BCUT2D eigenvalue weighted by Gasteiger charge is 2.53. The predicted octanol–water partition coefficient (Wildman–Crippen LogP) is -2.92. The van der Waals surface area contributed by atoms with Crippen LogP contribution in [0.5, 0.6) is 0 Å². The average Bonchev–Trinajstić information content (AvgIpc) is 3.36. The van der Waals surface area contributed by atoms with Gasteiger partial charge in [-0.05, 0) is 24.3 Å². The third-order valence-corrected chi connectivity index (χ3v) is 9.08. The van der Waals surface area contributed by atoms with Crippen LogP contribution in [0.3, 0.4) is 0 Å². The molecule has 10 N–H and O–H groups in total. The summed E-state index contributed by atoms with van der Waals surface area (Å²) in [5.74, 6) is -3.94. The third kappa shape index (κ3) is 5.79. The van der Waals surface area contributed by atoms with Gasteiger partial charge in [-0.3, -0.25) is 14.5 Å². The zero-order valence-electron chi connectivity index (χ0n) is 21.4. The van der Waals surface area contributed by atoms with Gasteiger partial charge in [-0.2, -0.15) is 0 Å². The number of oxime groups is 1. The summed E-state index contributed by atoms with van der Waals surface area (Å²) >= 11 is 3.38. The van der Waals surface area contributed by atoms with Crippen molar-refractivity contribution in [3.05, 3.63) is 22.3 Å². The summed E-state index contributed by atoms with van der Waals surface area (Å²) in [5.41, 5.74) is 23.0. The summed E-state index contributed by atoms with van der Waals surface area (Å²) in [6.45, 7) is 1.21. The van der Waals surface area contributed by atoms with Crippen molar-refractivity contribution in [3.8, 4) is 0 Å². The number of β-lactam (4-membered cyclic amide) rings is 1. The van der Waals surface area contributed by atoms with Gasteiger partial charge < -0.3 is 48.1 Å². The van der Waals surface area contributed by atoms with Gasteiger partial charge in [0.15, 0.2) is 16.5 Å². The molecule has 4 rings (SSSR count). The van der Waals surface area contributed by atoms with Crippen molar-refractivity contribution in [1.82, 2.24) is 20.2 Å². The highest BCUT2D eigenvalue weighted by molar-refractivity contribution is 8.01. The number of nitrogen functional groups attached to an aromatic ring is 4. The molecule has 2 amide bonds. The molecule has 0 aliphatic carbocycles. The number of aliphatic carboxylic acids is 2. The number of hydrogen-bond donors (Lipinski definition) is 6. The van der Waals surface area contributed by atoms with Crippen LogP contribution in [0.25, 0.3) is 0 Å². The average molecular weight is 625 g/mol. The quantitative estimate of drug-likeness (QED) is 0.0385. The zero-order valence-corrected chi connectivity index (χ0v) is 23.8. The number of carbonyl (C=O) groups is 4. The van der Waals surface area contributed by atoms with Gasteiger partial charge in [0.25, 0.3) is 11.8 Å². The van der Waals surface area contributed by atoms with Gasteiger partial charge in [0, 0.05) is 16.9 Å². The molecule has 1 fully saturated rings. The van der Waals surface area contributed by atoms with Crippen LogP contribution in [-0.2, 0) is 31.1 Å². The number of carboxylic acid groups (broad SMARTS) is 2. The molecule has 0 bridgehead atoms. The van der Waals surface area contributed by atoms with E-state index in [0.29, 0.717) is 10.7 Å². The van der Waals surface area contributed by atoms with Crippen molar-refractivity contribution in [2.45, 2.75) is 29.6 Å². The number of hydrogen-bond acceptors (Lipinski definition) is 16. The molecule has 20 heteroatoms. The highest BCUT2D eigenvalue weighted by atomic mass is 32.2. The van der Waals surface area contributed by atoms with E-state index in [1.807, 2.05) is 0 Å². The SMILES string of the molecule is C[C@H](O/N=C(\C(=O)NC1C(=O)N2C(C(=O)[O-])=C(CSc3nc(N)c(N)c(N)[n+]3C)CS[C@H]12)c1csc(N)n1)C(=O)O. The Hall–Kier alpha value is -4.30. The largest absolute Gasteiger partial charge is 0.543 e. The Balaban J connectivity index is 1.52. The molecule has 4 heterocycles. The highest BCUT2D eigenvalue weighted by Crippen LogP contribution is 2.41. The number of aromatic nitrogens is 3. The Morgan fingerprint density at radius 2 is 2.05 bits per heavy atom. The summed E-state index contributed by atoms with van der Waals surface area (Å²) in [6.07, 6.45) is -1.38. The van der Waals surface area contributed by atoms with Crippen LogP contribution >= 0.6 is 34.9 Å². The lowest BCUT2D eigenvalue weighted by Crippen LogP contribution is -2.71. The lowest BCUT2D eigenvalue weighted by atomic mass is 10.0. The fourth-order valence-electron chi connectivity index (χ4n) is 3.70. The maximum atomic E-state index is 13.1. The van der Waals surface area contributed by atoms with Crippen molar-refractivity contribution in [2.75, 3.05) is 34.4 Å². The Morgan fingerprint density at radius 1 is 1.34 bits per heavy atom. The fraction of sp³-hybridized carbons (Fsp3) is 0.333. The molecule has 0 aromatic carbocycles. The maximum absolute atomic E-state index is 13.1. The molecule has 3 atom stereocenters. The van der Waals surface area contributed by atoms with Gasteiger partial charge in [0.1, 0.15) is 17.1 Å². The third-order valence-electron chi connectivity index (χ3n) is 5.95. The van der Waals surface area contributed by atoms with Gasteiger partial charge in [-0.25, -0.2) is 14.3 Å². The molecule has 0 radical (unpaired) electrons. The van der Waals surface area contributed by atoms with Crippen LogP contribution in [0.15, 0.2) is 27.0 Å². The van der Waals surface area contributed by atoms with Gasteiger partial charge in [0.05, 0.1) is 18.7 Å². The minimum absolute atomic E-state index is 0.00265. The van der Waals surface area contributed by atoms with E-state index in [1.54, 1.807) is 7.05 Å². The first-order valence-corrected chi connectivity index (χ1v) is 14.4. The normalized spacial score (nSPS) is 19.3. The van der Waals surface area contributed by atoms with E-state index >= 15 is 0 Å². The second kappa shape index (κ2) is 11.7. The summed E-state index contributed by atoms with van der Waals surface area (Å²) < 4.78 is 1.50. The Morgan fingerprint density at radius 3 is 2.66 bits per heavy atom. The second-order valence-corrected chi connectivity index (χ2v) is 11.6. The lowest BCUT2D eigenvalue weighted by Gasteiger charge is -2.50. The molecule has 1 unspecified atom stereocenters. The van der Waals surface area contributed by atoms with Gasteiger partial charge in [-0.1, -0.05) is 10.1 Å². The van der Waals surface area contributed by atoms with Crippen molar-refractivity contribution < 1.29 is 38.8 Å². The molecule has 2 aromatic rings. The number of fused-ring (bicyclic) bond motifs is 1. The molecule has 2 aliphatic rings. The second-order valence-electron chi connectivity index (χ2n) is 8.62. The molecule has 0 spiro atoms. The van der Waals surface area contributed by atoms with E-state index in [4.69, 9.17) is 32.9 Å². The van der Waals surface area contributed by atoms with Crippen molar-refractivity contribution in [1.29, 1.82) is 0 Å². The van der Waals surface area contributed by atoms with Gasteiger partial charge in [-0.15, -0.1) is 23.1 Å². The van der Waals surface area contributed by atoms with E-state index < -0.39 is 47.0 Å². The summed E-state index contributed by atoms with van der Waals surface area (Å²) in [4.78, 5) is 63.5. The smallest absolute Gasteiger partial charge is 0.347 e. The number of carbonyl (C=O) groups excluding carboxylic acids is 3. The number of nitrogens with two attached hydrogens (primary N) is 4. The first-order valence-electron chi connectivity index (χ1n) is 11.5. The Bertz CT molecular complexity index is 1510. The number of thioether (sulfide) groups is 2. The number of carboxylic acids is 2. The summed E-state index contributed by atoms with van der Waals surface area (Å²) in [5, 5.41) is 28.4. The molecule has 2 aromatic heterocycles. The number of thiazole rings is 1. The standard InChI is InChI=1S/C21H24N10O7S3/c1-6(18(34)35)38-29-10(8-5-40-20(25)26-8)15(32)27-11-16(33)31-12(19(36)37)7(3-39-17(11)31)4-41-21-28-13(23)9(22)14(24)30(21)2/h5-6,11,17H,3-4H2,1-2H3,(H10,22,23,24,25,26,27,29,32,34,35,36,37)/t6-,11?,17+/m0/s1. The van der Waals surface area contributed by atoms with Crippen LogP contribution in [0.4, 0.5) is 22.5 Å². The van der Waals surface area contributed by atoms with Crippen molar-refractivity contribution in [3.63, 3.8) is 0 Å². The van der Waals surface area contributed by atoms with Crippen molar-refractivity contribution >= 4 is 86.8 Å². The summed E-state index contributed by atoms with van der Waals surface area (Å²) in [6, 6.07) is -1.12.